The van der Waals surface area contributed by atoms with Crippen LogP contribution in [0, 0.1) is 5.92 Å². The van der Waals surface area contributed by atoms with Crippen LogP contribution in [-0.4, -0.2) is 56.6 Å². The van der Waals surface area contributed by atoms with Crippen LogP contribution >= 0.6 is 0 Å². The predicted molar refractivity (Wildman–Crippen MR) is 105 cm³/mol. The molecule has 1 aliphatic rings. The lowest BCUT2D eigenvalue weighted by Crippen LogP contribution is -2.40. The lowest BCUT2D eigenvalue weighted by molar-refractivity contribution is -0.131. The standard InChI is InChI=1S/C21H34N2O3/c1-5-23(15-18-11-12-19(25-3)20(13-18)26-4)16-21(24)22(2)14-17-9-7-6-8-10-17/h11-13,17H,5-10,14-16H2,1-4H3. The van der Waals surface area contributed by atoms with Crippen molar-refractivity contribution in [2.45, 2.75) is 45.6 Å². The van der Waals surface area contributed by atoms with Crippen LogP contribution in [0.15, 0.2) is 18.2 Å². The number of benzene rings is 1. The van der Waals surface area contributed by atoms with Gasteiger partial charge in [-0.15, -0.1) is 0 Å². The molecule has 0 unspecified atom stereocenters. The van der Waals surface area contributed by atoms with Crippen molar-refractivity contribution in [3.63, 3.8) is 0 Å². The fourth-order valence-electron chi connectivity index (χ4n) is 3.69. The molecule has 0 atom stereocenters. The molecule has 0 heterocycles. The Morgan fingerprint density at radius 2 is 1.81 bits per heavy atom. The molecular formula is C21H34N2O3. The maximum Gasteiger partial charge on any atom is 0.236 e. The van der Waals surface area contributed by atoms with Crippen LogP contribution in [-0.2, 0) is 11.3 Å². The van der Waals surface area contributed by atoms with Crippen LogP contribution in [0.5, 0.6) is 11.5 Å². The van der Waals surface area contributed by atoms with E-state index in [0.717, 1.165) is 36.7 Å². The number of carbonyl (C=O) groups is 1. The molecule has 0 radical (unpaired) electrons. The van der Waals surface area contributed by atoms with Gasteiger partial charge < -0.3 is 14.4 Å². The summed E-state index contributed by atoms with van der Waals surface area (Å²) in [6.45, 7) is 4.99. The number of ether oxygens (including phenoxy) is 2. The van der Waals surface area contributed by atoms with E-state index in [1.165, 1.54) is 32.1 Å². The molecule has 1 aromatic rings. The van der Waals surface area contributed by atoms with Gasteiger partial charge in [-0.2, -0.15) is 0 Å². The van der Waals surface area contributed by atoms with Crippen molar-refractivity contribution in [3.8, 4) is 11.5 Å². The molecule has 0 bridgehead atoms. The van der Waals surface area contributed by atoms with E-state index in [1.54, 1.807) is 14.2 Å². The molecule has 2 rings (SSSR count). The van der Waals surface area contributed by atoms with Crippen molar-refractivity contribution in [3.05, 3.63) is 23.8 Å². The first-order valence-corrected chi connectivity index (χ1v) is 9.74. The van der Waals surface area contributed by atoms with Gasteiger partial charge in [0.15, 0.2) is 11.5 Å². The molecule has 1 fully saturated rings. The zero-order valence-electron chi connectivity index (χ0n) is 16.8. The van der Waals surface area contributed by atoms with Gasteiger partial charge in [0.1, 0.15) is 0 Å². The van der Waals surface area contributed by atoms with Crippen LogP contribution in [0.1, 0.15) is 44.6 Å². The third kappa shape index (κ3) is 5.90. The molecule has 0 aromatic heterocycles. The molecular weight excluding hydrogens is 328 g/mol. The summed E-state index contributed by atoms with van der Waals surface area (Å²) in [5.74, 6) is 2.33. The van der Waals surface area contributed by atoms with Crippen molar-refractivity contribution in [2.24, 2.45) is 5.92 Å². The van der Waals surface area contributed by atoms with E-state index < -0.39 is 0 Å². The normalized spacial score (nSPS) is 15.1. The van der Waals surface area contributed by atoms with E-state index in [0.29, 0.717) is 12.5 Å². The summed E-state index contributed by atoms with van der Waals surface area (Å²) in [6, 6.07) is 5.93. The molecule has 1 aliphatic carbocycles. The highest BCUT2D eigenvalue weighted by atomic mass is 16.5. The first kappa shape index (κ1) is 20.6. The largest absolute Gasteiger partial charge is 0.493 e. The Morgan fingerprint density at radius 1 is 1.12 bits per heavy atom. The minimum absolute atomic E-state index is 0.206. The van der Waals surface area contributed by atoms with Crippen LogP contribution in [0.4, 0.5) is 0 Å². The second-order valence-electron chi connectivity index (χ2n) is 7.27. The highest BCUT2D eigenvalue weighted by Crippen LogP contribution is 2.28. The molecule has 0 saturated heterocycles. The lowest BCUT2D eigenvalue weighted by atomic mass is 9.89. The number of carbonyl (C=O) groups excluding carboxylic acids is 1. The lowest BCUT2D eigenvalue weighted by Gasteiger charge is -2.29. The number of rotatable bonds is 9. The maximum absolute atomic E-state index is 12.6. The van der Waals surface area contributed by atoms with Gasteiger partial charge in [0.2, 0.25) is 5.91 Å². The predicted octanol–water partition coefficient (Wildman–Crippen LogP) is 3.56. The Hall–Kier alpha value is -1.75. The van der Waals surface area contributed by atoms with E-state index >= 15 is 0 Å². The second kappa shape index (κ2) is 10.4. The smallest absolute Gasteiger partial charge is 0.236 e. The van der Waals surface area contributed by atoms with Crippen LogP contribution < -0.4 is 9.47 Å². The van der Waals surface area contributed by atoms with Crippen LogP contribution in [0.3, 0.4) is 0 Å². The van der Waals surface area contributed by atoms with E-state index in [2.05, 4.69) is 11.8 Å². The van der Waals surface area contributed by atoms with Gasteiger partial charge in [0.05, 0.1) is 20.8 Å². The van der Waals surface area contributed by atoms with Crippen LogP contribution in [0.2, 0.25) is 0 Å². The minimum atomic E-state index is 0.206. The SMILES string of the molecule is CCN(CC(=O)N(C)CC1CCCCC1)Cc1ccc(OC)c(OC)c1. The van der Waals surface area contributed by atoms with Crippen molar-refractivity contribution < 1.29 is 14.3 Å². The average Bonchev–Trinajstić information content (AvgIpc) is 2.67. The fourth-order valence-corrected chi connectivity index (χ4v) is 3.69. The molecule has 5 heteroatoms. The number of amides is 1. The molecule has 0 spiro atoms. The summed E-state index contributed by atoms with van der Waals surface area (Å²) in [7, 11) is 5.22. The first-order chi connectivity index (χ1) is 12.6. The maximum atomic E-state index is 12.6. The van der Waals surface area contributed by atoms with Gasteiger partial charge in [-0.3, -0.25) is 9.69 Å². The van der Waals surface area contributed by atoms with Gasteiger partial charge in [-0.25, -0.2) is 0 Å². The molecule has 0 aliphatic heterocycles. The molecule has 1 amide bonds. The first-order valence-electron chi connectivity index (χ1n) is 9.74. The zero-order valence-corrected chi connectivity index (χ0v) is 16.8. The van der Waals surface area contributed by atoms with Crippen molar-refractivity contribution in [2.75, 3.05) is 40.9 Å². The number of likely N-dealkylation sites (N-methyl/N-ethyl adjacent to an activating group) is 2. The van der Waals surface area contributed by atoms with E-state index in [-0.39, 0.29) is 5.91 Å². The van der Waals surface area contributed by atoms with Gasteiger partial charge in [-0.1, -0.05) is 32.3 Å². The Morgan fingerprint density at radius 3 is 2.42 bits per heavy atom. The molecule has 1 saturated carbocycles. The summed E-state index contributed by atoms with van der Waals surface area (Å²) < 4.78 is 10.7. The van der Waals surface area contributed by atoms with Crippen molar-refractivity contribution >= 4 is 5.91 Å². The molecule has 146 valence electrons. The van der Waals surface area contributed by atoms with E-state index in [1.807, 2.05) is 30.1 Å². The number of hydrogen-bond acceptors (Lipinski definition) is 4. The third-order valence-corrected chi connectivity index (χ3v) is 5.34. The summed E-state index contributed by atoms with van der Waals surface area (Å²) >= 11 is 0. The monoisotopic (exact) mass is 362 g/mol. The topological polar surface area (TPSA) is 42.0 Å². The Kier molecular flexibility index (Phi) is 8.23. The molecule has 1 aromatic carbocycles. The Bertz CT molecular complexity index is 570. The highest BCUT2D eigenvalue weighted by molar-refractivity contribution is 5.78. The number of nitrogens with zero attached hydrogens (tertiary/aromatic N) is 2. The number of methoxy groups -OCH3 is 2. The molecule has 0 N–H and O–H groups in total. The van der Waals surface area contributed by atoms with Gasteiger partial charge in [0.25, 0.3) is 0 Å². The second-order valence-corrected chi connectivity index (χ2v) is 7.27. The third-order valence-electron chi connectivity index (χ3n) is 5.34. The van der Waals surface area contributed by atoms with Crippen LogP contribution in [0.25, 0.3) is 0 Å². The summed E-state index contributed by atoms with van der Waals surface area (Å²) in [6.07, 6.45) is 6.50. The highest BCUT2D eigenvalue weighted by Gasteiger charge is 2.20. The minimum Gasteiger partial charge on any atom is -0.493 e. The average molecular weight is 363 g/mol. The number of hydrogen-bond donors (Lipinski definition) is 0. The van der Waals surface area contributed by atoms with Crippen molar-refractivity contribution in [1.29, 1.82) is 0 Å². The van der Waals surface area contributed by atoms with Gasteiger partial charge in [-0.05, 0) is 43.0 Å². The fraction of sp³-hybridized carbons (Fsp3) is 0.667. The van der Waals surface area contributed by atoms with Gasteiger partial charge in [0, 0.05) is 20.1 Å². The van der Waals surface area contributed by atoms with E-state index in [4.69, 9.17) is 9.47 Å². The summed E-state index contributed by atoms with van der Waals surface area (Å²) in [5.41, 5.74) is 1.12. The molecule has 5 nitrogen and oxygen atoms in total. The summed E-state index contributed by atoms with van der Waals surface area (Å²) in [5, 5.41) is 0. The van der Waals surface area contributed by atoms with E-state index in [9.17, 15) is 4.79 Å². The Labute approximate surface area is 158 Å². The quantitative estimate of drug-likeness (QED) is 0.673. The Balaban J connectivity index is 1.90. The molecule has 26 heavy (non-hydrogen) atoms. The van der Waals surface area contributed by atoms with Crippen molar-refractivity contribution in [1.82, 2.24) is 9.80 Å². The zero-order chi connectivity index (χ0) is 18.9. The van der Waals surface area contributed by atoms with Gasteiger partial charge >= 0.3 is 0 Å². The summed E-state index contributed by atoms with van der Waals surface area (Å²) in [4.78, 5) is 16.7.